The quantitative estimate of drug-likeness (QED) is 0.816. The summed E-state index contributed by atoms with van der Waals surface area (Å²) >= 11 is 4.75. The van der Waals surface area contributed by atoms with Crippen molar-refractivity contribution in [1.29, 1.82) is 0 Å². The van der Waals surface area contributed by atoms with Crippen molar-refractivity contribution in [3.05, 3.63) is 23.0 Å². The Morgan fingerprint density at radius 1 is 1.50 bits per heavy atom. The molecule has 0 fully saturated rings. The van der Waals surface area contributed by atoms with Gasteiger partial charge >= 0.3 is 0 Å². The highest BCUT2D eigenvalue weighted by molar-refractivity contribution is 7.89. The molecule has 0 radical (unpaired) electrons. The number of methoxy groups -OCH3 is 1. The van der Waals surface area contributed by atoms with Crippen molar-refractivity contribution in [2.45, 2.75) is 4.90 Å². The molecule has 0 saturated heterocycles. The molecule has 18 heavy (non-hydrogen) atoms. The van der Waals surface area contributed by atoms with Gasteiger partial charge in [0.05, 0.1) is 17.6 Å². The second kappa shape index (κ2) is 4.52. The molecule has 1 aromatic carbocycles. The van der Waals surface area contributed by atoms with Crippen molar-refractivity contribution in [1.82, 2.24) is 10.2 Å². The molecule has 0 aliphatic heterocycles. The maximum Gasteiger partial charge on any atom is 0.284 e. The standard InChI is InChI=1S/C9H9N3O4S2/c1-15-7-3-2-5(18(10,13)14)4-6(7)8-11-12-9(17)16-8/h2-4H,1H3,(H,12,17)(H2,10,13,14). The predicted octanol–water partition coefficient (Wildman–Crippen LogP) is 1.06. The summed E-state index contributed by atoms with van der Waals surface area (Å²) in [5.74, 6) is 0.523. The third-order valence-corrected chi connectivity index (χ3v) is 3.25. The van der Waals surface area contributed by atoms with Crippen LogP contribution in [0.5, 0.6) is 5.75 Å². The van der Waals surface area contributed by atoms with E-state index in [1.54, 1.807) is 0 Å². The van der Waals surface area contributed by atoms with Crippen molar-refractivity contribution < 1.29 is 17.6 Å². The Labute approximate surface area is 108 Å². The van der Waals surface area contributed by atoms with Crippen molar-refractivity contribution in [2.75, 3.05) is 7.11 Å². The number of hydrogen-bond acceptors (Lipinski definition) is 6. The lowest BCUT2D eigenvalue weighted by atomic mass is 10.2. The molecule has 0 aliphatic carbocycles. The van der Waals surface area contributed by atoms with E-state index in [2.05, 4.69) is 10.2 Å². The highest BCUT2D eigenvalue weighted by atomic mass is 32.2. The van der Waals surface area contributed by atoms with E-state index in [1.807, 2.05) is 0 Å². The zero-order valence-electron chi connectivity index (χ0n) is 9.21. The Bertz CT molecular complexity index is 732. The number of sulfonamides is 1. The molecule has 7 nitrogen and oxygen atoms in total. The summed E-state index contributed by atoms with van der Waals surface area (Å²) in [4.78, 5) is 0.00970. The topological polar surface area (TPSA) is 111 Å². The molecule has 2 aromatic rings. The number of primary sulfonamides is 1. The van der Waals surface area contributed by atoms with Crippen molar-refractivity contribution in [3.63, 3.8) is 0 Å². The summed E-state index contributed by atoms with van der Waals surface area (Å²) in [5, 5.41) is 11.3. The highest BCUT2D eigenvalue weighted by Gasteiger charge is 2.16. The normalized spacial score (nSPS) is 11.4. The molecule has 0 atom stereocenters. The molecule has 0 amide bonds. The van der Waals surface area contributed by atoms with Crippen LogP contribution in [0.2, 0.25) is 0 Å². The fraction of sp³-hybridized carbons (Fsp3) is 0.111. The van der Waals surface area contributed by atoms with Crippen molar-refractivity contribution in [2.24, 2.45) is 5.14 Å². The third-order valence-electron chi connectivity index (χ3n) is 2.17. The lowest BCUT2D eigenvalue weighted by molar-refractivity contribution is 0.413. The number of H-pyrrole nitrogens is 1. The minimum Gasteiger partial charge on any atom is -0.496 e. The van der Waals surface area contributed by atoms with Crippen LogP contribution in [0.15, 0.2) is 27.5 Å². The van der Waals surface area contributed by atoms with E-state index in [0.717, 1.165) is 0 Å². The number of ether oxygens (including phenoxy) is 1. The number of hydrogen-bond donors (Lipinski definition) is 2. The molecule has 9 heteroatoms. The van der Waals surface area contributed by atoms with Crippen LogP contribution in [0.25, 0.3) is 11.5 Å². The zero-order valence-corrected chi connectivity index (χ0v) is 10.8. The van der Waals surface area contributed by atoms with Gasteiger partial charge in [-0.2, -0.15) is 0 Å². The number of aromatic amines is 1. The van der Waals surface area contributed by atoms with Crippen LogP contribution in [0.1, 0.15) is 0 Å². The molecule has 1 heterocycles. The van der Waals surface area contributed by atoms with Crippen molar-refractivity contribution in [3.8, 4) is 17.2 Å². The van der Waals surface area contributed by atoms with Crippen LogP contribution >= 0.6 is 12.2 Å². The van der Waals surface area contributed by atoms with Gasteiger partial charge in [0.25, 0.3) is 4.84 Å². The monoisotopic (exact) mass is 287 g/mol. The molecule has 3 N–H and O–H groups in total. The van der Waals surface area contributed by atoms with Gasteiger partial charge in [0.15, 0.2) is 0 Å². The zero-order chi connectivity index (χ0) is 13.3. The first-order valence-corrected chi connectivity index (χ1v) is 6.64. The van der Waals surface area contributed by atoms with Crippen molar-refractivity contribution >= 4 is 22.2 Å². The van der Waals surface area contributed by atoms with E-state index in [-0.39, 0.29) is 15.6 Å². The van der Waals surface area contributed by atoms with E-state index in [4.69, 9.17) is 26.5 Å². The second-order valence-electron chi connectivity index (χ2n) is 3.33. The first-order chi connectivity index (χ1) is 8.41. The molecule has 0 bridgehead atoms. The highest BCUT2D eigenvalue weighted by Crippen LogP contribution is 2.30. The van der Waals surface area contributed by atoms with E-state index in [1.165, 1.54) is 25.3 Å². The second-order valence-corrected chi connectivity index (χ2v) is 5.26. The maximum absolute atomic E-state index is 11.3. The van der Waals surface area contributed by atoms with Crippen LogP contribution in [0, 0.1) is 4.84 Å². The van der Waals surface area contributed by atoms with Gasteiger partial charge in [0.2, 0.25) is 15.9 Å². The van der Waals surface area contributed by atoms with Gasteiger partial charge in [-0.1, -0.05) is 0 Å². The fourth-order valence-electron chi connectivity index (χ4n) is 1.38. The summed E-state index contributed by atoms with van der Waals surface area (Å²) in [6.45, 7) is 0. The van der Waals surface area contributed by atoms with E-state index in [9.17, 15) is 8.42 Å². The largest absolute Gasteiger partial charge is 0.496 e. The fourth-order valence-corrected chi connectivity index (χ4v) is 2.04. The minimum absolute atomic E-state index is 0.0672. The van der Waals surface area contributed by atoms with Crippen LogP contribution in [-0.4, -0.2) is 25.7 Å². The molecule has 1 aromatic heterocycles. The molecular weight excluding hydrogens is 278 g/mol. The lowest BCUT2D eigenvalue weighted by Gasteiger charge is -2.06. The van der Waals surface area contributed by atoms with Crippen LogP contribution in [0.3, 0.4) is 0 Å². The van der Waals surface area contributed by atoms with E-state index in [0.29, 0.717) is 11.3 Å². The first kappa shape index (κ1) is 12.7. The Kier molecular flexibility index (Phi) is 3.20. The number of nitrogens with one attached hydrogen (secondary N) is 1. The predicted molar refractivity (Wildman–Crippen MR) is 65.0 cm³/mol. The Balaban J connectivity index is 2.67. The van der Waals surface area contributed by atoms with Crippen LogP contribution in [0.4, 0.5) is 0 Å². The Hall–Kier alpha value is -1.71. The summed E-state index contributed by atoms with van der Waals surface area (Å²) in [5.41, 5.74) is 0.344. The van der Waals surface area contributed by atoms with Gasteiger partial charge in [-0.05, 0) is 30.4 Å². The summed E-state index contributed by atoms with van der Waals surface area (Å²) in [7, 11) is -2.37. The maximum atomic E-state index is 11.3. The molecule has 0 unspecified atom stereocenters. The van der Waals surface area contributed by atoms with Gasteiger partial charge in [-0.25, -0.2) is 18.7 Å². The molecule has 96 valence electrons. The molecular formula is C9H9N3O4S2. The van der Waals surface area contributed by atoms with E-state index < -0.39 is 10.0 Å². The smallest absolute Gasteiger partial charge is 0.284 e. The van der Waals surface area contributed by atoms with Gasteiger partial charge in [-0.15, -0.1) is 5.10 Å². The van der Waals surface area contributed by atoms with Crippen LogP contribution in [-0.2, 0) is 10.0 Å². The van der Waals surface area contributed by atoms with Gasteiger partial charge in [0, 0.05) is 0 Å². The van der Waals surface area contributed by atoms with Gasteiger partial charge in [0.1, 0.15) is 5.75 Å². The number of nitrogens with zero attached hydrogens (tertiary/aromatic N) is 1. The summed E-state index contributed by atoms with van der Waals surface area (Å²) in [6, 6.07) is 4.10. The molecule has 0 saturated carbocycles. The Morgan fingerprint density at radius 3 is 2.72 bits per heavy atom. The Morgan fingerprint density at radius 2 is 2.22 bits per heavy atom. The third kappa shape index (κ3) is 2.42. The molecule has 2 rings (SSSR count). The number of rotatable bonds is 3. The van der Waals surface area contributed by atoms with Gasteiger partial charge in [-0.3, -0.25) is 0 Å². The molecule has 0 aliphatic rings. The average Bonchev–Trinajstić information content (AvgIpc) is 2.73. The SMILES string of the molecule is COc1ccc(S(N)(=O)=O)cc1-c1n[nH]c(=S)o1. The average molecular weight is 287 g/mol. The molecule has 0 spiro atoms. The summed E-state index contributed by atoms with van der Waals surface area (Å²) < 4.78 is 32.8. The number of benzene rings is 1. The minimum atomic E-state index is -3.81. The number of nitrogens with two attached hydrogens (primary N) is 1. The first-order valence-electron chi connectivity index (χ1n) is 4.68. The summed E-state index contributed by atoms with van der Waals surface area (Å²) in [6.07, 6.45) is 0. The van der Waals surface area contributed by atoms with Crippen LogP contribution < -0.4 is 9.88 Å². The van der Waals surface area contributed by atoms with Gasteiger partial charge < -0.3 is 9.15 Å². The number of aromatic nitrogens is 2. The lowest BCUT2D eigenvalue weighted by Crippen LogP contribution is -2.12. The van der Waals surface area contributed by atoms with E-state index >= 15 is 0 Å².